The number of halogens is 1. The van der Waals surface area contributed by atoms with E-state index in [1.807, 2.05) is 19.3 Å². The number of hydrogen-bond acceptors (Lipinski definition) is 4. The van der Waals surface area contributed by atoms with E-state index < -0.39 is 0 Å². The van der Waals surface area contributed by atoms with Crippen LogP contribution in [0.4, 0.5) is 11.5 Å². The maximum absolute atomic E-state index is 5.80. The number of rotatable bonds is 4. The summed E-state index contributed by atoms with van der Waals surface area (Å²) in [6.45, 7) is 0.740. The molecule has 2 rings (SSSR count). The lowest BCUT2D eigenvalue weighted by Crippen LogP contribution is -2.07. The van der Waals surface area contributed by atoms with E-state index in [1.54, 1.807) is 16.8 Å². The van der Waals surface area contributed by atoms with Gasteiger partial charge in [0.1, 0.15) is 11.0 Å². The third-order valence-corrected chi connectivity index (χ3v) is 2.47. The van der Waals surface area contributed by atoms with Gasteiger partial charge in [-0.05, 0) is 12.1 Å². The van der Waals surface area contributed by atoms with Gasteiger partial charge >= 0.3 is 0 Å². The molecule has 3 N–H and O–H groups in total. The van der Waals surface area contributed by atoms with E-state index in [4.69, 9.17) is 17.3 Å². The summed E-state index contributed by atoms with van der Waals surface area (Å²) in [5.74, 6) is 0.686. The number of aromatic nitrogens is 3. The van der Waals surface area contributed by atoms with E-state index in [-0.39, 0.29) is 0 Å². The third kappa shape index (κ3) is 3.35. The Bertz CT molecular complexity index is 488. The number of pyridine rings is 1. The van der Waals surface area contributed by atoms with Crippen molar-refractivity contribution in [2.75, 3.05) is 17.6 Å². The van der Waals surface area contributed by atoms with Crippen molar-refractivity contribution in [3.05, 3.63) is 35.2 Å². The Labute approximate surface area is 105 Å². The van der Waals surface area contributed by atoms with Crippen LogP contribution in [0.1, 0.15) is 5.69 Å². The van der Waals surface area contributed by atoms with Gasteiger partial charge in [-0.1, -0.05) is 11.6 Å². The molecule has 0 aromatic carbocycles. The fourth-order valence-corrected chi connectivity index (χ4v) is 1.74. The van der Waals surface area contributed by atoms with Crippen LogP contribution in [0.3, 0.4) is 0 Å². The minimum Gasteiger partial charge on any atom is -0.399 e. The number of nitrogen functional groups attached to an aromatic ring is 1. The SMILES string of the molecule is Cn1ccc(CCNc2cc(N)cc(Cl)n2)n1. The number of anilines is 2. The smallest absolute Gasteiger partial charge is 0.133 e. The van der Waals surface area contributed by atoms with Crippen molar-refractivity contribution < 1.29 is 0 Å². The molecule has 0 spiro atoms. The zero-order chi connectivity index (χ0) is 12.3. The number of nitrogens with one attached hydrogen (secondary N) is 1. The highest BCUT2D eigenvalue weighted by molar-refractivity contribution is 6.29. The molecule has 6 heteroatoms. The molecule has 0 aliphatic rings. The van der Waals surface area contributed by atoms with Crippen molar-refractivity contribution >= 4 is 23.1 Å². The molecule has 0 aliphatic carbocycles. The van der Waals surface area contributed by atoms with Crippen LogP contribution in [0.5, 0.6) is 0 Å². The summed E-state index contributed by atoms with van der Waals surface area (Å²) in [5.41, 5.74) is 7.30. The monoisotopic (exact) mass is 251 g/mol. The molecule has 2 aromatic rings. The highest BCUT2D eigenvalue weighted by atomic mass is 35.5. The normalized spacial score (nSPS) is 10.5. The summed E-state index contributed by atoms with van der Waals surface area (Å²) in [5, 5.41) is 7.84. The Balaban J connectivity index is 1.89. The van der Waals surface area contributed by atoms with E-state index >= 15 is 0 Å². The largest absolute Gasteiger partial charge is 0.399 e. The zero-order valence-electron chi connectivity index (χ0n) is 9.52. The van der Waals surface area contributed by atoms with E-state index in [0.717, 1.165) is 18.7 Å². The van der Waals surface area contributed by atoms with Crippen molar-refractivity contribution in [2.45, 2.75) is 6.42 Å². The van der Waals surface area contributed by atoms with Gasteiger partial charge in [-0.15, -0.1) is 0 Å². The predicted octanol–water partition coefficient (Wildman–Crippen LogP) is 1.71. The molecule has 0 atom stereocenters. The predicted molar refractivity (Wildman–Crippen MR) is 69.1 cm³/mol. The van der Waals surface area contributed by atoms with Crippen LogP contribution in [0.15, 0.2) is 24.4 Å². The van der Waals surface area contributed by atoms with Crippen LogP contribution in [-0.4, -0.2) is 21.3 Å². The van der Waals surface area contributed by atoms with Crippen LogP contribution in [0, 0.1) is 0 Å². The fourth-order valence-electron chi connectivity index (χ4n) is 1.52. The highest BCUT2D eigenvalue weighted by Gasteiger charge is 2.00. The van der Waals surface area contributed by atoms with Gasteiger partial charge in [0.05, 0.1) is 5.69 Å². The zero-order valence-corrected chi connectivity index (χ0v) is 10.3. The second-order valence-corrected chi connectivity index (χ2v) is 4.15. The lowest BCUT2D eigenvalue weighted by atomic mass is 10.3. The second kappa shape index (κ2) is 5.05. The molecular formula is C11H14ClN5. The van der Waals surface area contributed by atoms with Gasteiger partial charge in [0, 0.05) is 38.0 Å². The summed E-state index contributed by atoms with van der Waals surface area (Å²) >= 11 is 5.80. The molecule has 2 heterocycles. The summed E-state index contributed by atoms with van der Waals surface area (Å²) in [6, 6.07) is 5.36. The summed E-state index contributed by atoms with van der Waals surface area (Å²) in [4.78, 5) is 4.12. The van der Waals surface area contributed by atoms with Crippen molar-refractivity contribution in [3.63, 3.8) is 0 Å². The first-order valence-electron chi connectivity index (χ1n) is 5.29. The Morgan fingerprint density at radius 2 is 2.29 bits per heavy atom. The highest BCUT2D eigenvalue weighted by Crippen LogP contribution is 2.15. The summed E-state index contributed by atoms with van der Waals surface area (Å²) in [7, 11) is 1.90. The maximum Gasteiger partial charge on any atom is 0.133 e. The fraction of sp³-hybridized carbons (Fsp3) is 0.273. The molecule has 0 saturated heterocycles. The van der Waals surface area contributed by atoms with E-state index in [2.05, 4.69) is 15.4 Å². The van der Waals surface area contributed by atoms with Crippen LogP contribution in [-0.2, 0) is 13.5 Å². The first-order valence-corrected chi connectivity index (χ1v) is 5.67. The Kier molecular flexibility index (Phi) is 3.49. The van der Waals surface area contributed by atoms with Gasteiger partial charge in [0.25, 0.3) is 0 Å². The Hall–Kier alpha value is -1.75. The molecule has 0 radical (unpaired) electrons. The van der Waals surface area contributed by atoms with Crippen molar-refractivity contribution in [3.8, 4) is 0 Å². The molecule has 0 unspecified atom stereocenters. The van der Waals surface area contributed by atoms with Gasteiger partial charge in [-0.3, -0.25) is 4.68 Å². The minimum absolute atomic E-state index is 0.394. The molecule has 90 valence electrons. The topological polar surface area (TPSA) is 68.8 Å². The molecule has 0 fully saturated rings. The van der Waals surface area contributed by atoms with Crippen molar-refractivity contribution in [1.29, 1.82) is 0 Å². The van der Waals surface area contributed by atoms with Crippen LogP contribution < -0.4 is 11.1 Å². The van der Waals surface area contributed by atoms with E-state index in [0.29, 0.717) is 16.7 Å². The average molecular weight is 252 g/mol. The number of nitrogens with two attached hydrogens (primary N) is 1. The molecule has 0 aliphatic heterocycles. The Morgan fingerprint density at radius 3 is 2.94 bits per heavy atom. The summed E-state index contributed by atoms with van der Waals surface area (Å²) in [6.07, 6.45) is 2.75. The quantitative estimate of drug-likeness (QED) is 0.812. The first kappa shape index (κ1) is 11.7. The van der Waals surface area contributed by atoms with Crippen molar-refractivity contribution in [1.82, 2.24) is 14.8 Å². The number of nitrogens with zero attached hydrogens (tertiary/aromatic N) is 3. The van der Waals surface area contributed by atoms with E-state index in [9.17, 15) is 0 Å². The molecule has 5 nitrogen and oxygen atoms in total. The standard InChI is InChI=1S/C11H14ClN5/c1-17-5-3-9(16-17)2-4-14-11-7-8(13)6-10(12)15-11/h3,5-7H,2,4H2,1H3,(H3,13,14,15). The van der Waals surface area contributed by atoms with Crippen LogP contribution in [0.2, 0.25) is 5.15 Å². The molecule has 17 heavy (non-hydrogen) atoms. The van der Waals surface area contributed by atoms with Gasteiger partial charge < -0.3 is 11.1 Å². The number of hydrogen-bond donors (Lipinski definition) is 2. The van der Waals surface area contributed by atoms with Gasteiger partial charge in [0.2, 0.25) is 0 Å². The lowest BCUT2D eigenvalue weighted by Gasteiger charge is -2.05. The first-order chi connectivity index (χ1) is 8.13. The lowest BCUT2D eigenvalue weighted by molar-refractivity contribution is 0.742. The minimum atomic E-state index is 0.394. The van der Waals surface area contributed by atoms with Gasteiger partial charge in [-0.25, -0.2) is 4.98 Å². The molecule has 0 saturated carbocycles. The van der Waals surface area contributed by atoms with Crippen LogP contribution in [0.25, 0.3) is 0 Å². The summed E-state index contributed by atoms with van der Waals surface area (Å²) < 4.78 is 1.78. The maximum atomic E-state index is 5.80. The third-order valence-electron chi connectivity index (χ3n) is 2.27. The molecule has 0 amide bonds. The average Bonchev–Trinajstić information content (AvgIpc) is 2.63. The van der Waals surface area contributed by atoms with Crippen molar-refractivity contribution in [2.24, 2.45) is 7.05 Å². The molecule has 2 aromatic heterocycles. The van der Waals surface area contributed by atoms with E-state index in [1.165, 1.54) is 0 Å². The van der Waals surface area contributed by atoms with Crippen LogP contribution >= 0.6 is 11.6 Å². The van der Waals surface area contributed by atoms with Gasteiger partial charge in [0.15, 0.2) is 0 Å². The molecular weight excluding hydrogens is 238 g/mol. The number of aryl methyl sites for hydroxylation is 1. The molecule has 0 bridgehead atoms. The van der Waals surface area contributed by atoms with Gasteiger partial charge in [-0.2, -0.15) is 5.10 Å². The Morgan fingerprint density at radius 1 is 1.47 bits per heavy atom. The second-order valence-electron chi connectivity index (χ2n) is 3.77.